The molecule has 0 bridgehead atoms. The average molecular weight is 309 g/mol. The van der Waals surface area contributed by atoms with E-state index in [1.54, 1.807) is 12.1 Å². The molecule has 0 spiro atoms. The third-order valence-electron chi connectivity index (χ3n) is 2.88. The Morgan fingerprint density at radius 3 is 2.57 bits per heavy atom. The van der Waals surface area contributed by atoms with Crippen LogP contribution in [0.4, 0.5) is 4.39 Å². The zero-order valence-corrected chi connectivity index (χ0v) is 12.2. The highest BCUT2D eigenvalue weighted by Gasteiger charge is 2.13. The van der Waals surface area contributed by atoms with Crippen molar-refractivity contribution in [3.63, 3.8) is 0 Å². The molecule has 5 heteroatoms. The second kappa shape index (κ2) is 7.20. The zero-order valence-electron chi connectivity index (χ0n) is 11.4. The van der Waals surface area contributed by atoms with Crippen molar-refractivity contribution < 1.29 is 18.7 Å². The van der Waals surface area contributed by atoms with Gasteiger partial charge in [0.05, 0.1) is 19.3 Å². The molecular weight excluding hydrogens is 295 g/mol. The number of benzene rings is 2. The smallest absolute Gasteiger partial charge is 0.192 e. The summed E-state index contributed by atoms with van der Waals surface area (Å²) < 4.78 is 23.6. The summed E-state index contributed by atoms with van der Waals surface area (Å²) in [4.78, 5) is 12.0. The van der Waals surface area contributed by atoms with Crippen molar-refractivity contribution in [1.82, 2.24) is 0 Å². The van der Waals surface area contributed by atoms with Gasteiger partial charge in [-0.2, -0.15) is 0 Å². The number of carbonyl (C=O) groups is 1. The van der Waals surface area contributed by atoms with Gasteiger partial charge in [-0.05, 0) is 35.9 Å². The first-order chi connectivity index (χ1) is 10.1. The van der Waals surface area contributed by atoms with Gasteiger partial charge in [-0.3, -0.25) is 4.79 Å². The molecule has 2 rings (SSSR count). The molecule has 0 radical (unpaired) electrons. The lowest BCUT2D eigenvalue weighted by atomic mass is 10.1. The molecule has 0 heterocycles. The molecule has 110 valence electrons. The summed E-state index contributed by atoms with van der Waals surface area (Å²) in [6.07, 6.45) is 0. The van der Waals surface area contributed by atoms with Crippen LogP contribution >= 0.6 is 11.6 Å². The molecular formula is C16H14ClFO3. The predicted molar refractivity (Wildman–Crippen MR) is 78.4 cm³/mol. The van der Waals surface area contributed by atoms with Gasteiger partial charge in [0.1, 0.15) is 18.2 Å². The zero-order chi connectivity index (χ0) is 15.2. The molecule has 2 aromatic carbocycles. The Morgan fingerprint density at radius 1 is 1.19 bits per heavy atom. The van der Waals surface area contributed by atoms with Crippen molar-refractivity contribution in [2.45, 2.75) is 6.61 Å². The first kappa shape index (κ1) is 15.5. The van der Waals surface area contributed by atoms with Crippen molar-refractivity contribution in [1.29, 1.82) is 0 Å². The Kier molecular flexibility index (Phi) is 5.31. The van der Waals surface area contributed by atoms with Gasteiger partial charge in [0.15, 0.2) is 5.78 Å². The van der Waals surface area contributed by atoms with E-state index >= 15 is 0 Å². The molecule has 3 nitrogen and oxygen atoms in total. The van der Waals surface area contributed by atoms with E-state index in [2.05, 4.69) is 0 Å². The lowest BCUT2D eigenvalue weighted by molar-refractivity contribution is 0.0723. The Morgan fingerprint density at radius 2 is 1.90 bits per heavy atom. The van der Waals surface area contributed by atoms with Crippen molar-refractivity contribution in [3.05, 3.63) is 64.4 Å². The number of ether oxygens (including phenoxy) is 2. The van der Waals surface area contributed by atoms with Crippen LogP contribution < -0.4 is 4.74 Å². The lowest BCUT2D eigenvalue weighted by Crippen LogP contribution is -2.11. The van der Waals surface area contributed by atoms with E-state index in [4.69, 9.17) is 21.1 Å². The Balaban J connectivity index is 1.95. The summed E-state index contributed by atoms with van der Waals surface area (Å²) in [6.45, 7) is 0.128. The lowest BCUT2D eigenvalue weighted by Gasteiger charge is -2.08. The number of hydrogen-bond acceptors (Lipinski definition) is 3. The van der Waals surface area contributed by atoms with Crippen LogP contribution in [-0.4, -0.2) is 19.5 Å². The van der Waals surface area contributed by atoms with E-state index in [0.717, 1.165) is 11.6 Å². The van der Waals surface area contributed by atoms with Crippen molar-refractivity contribution in [2.75, 3.05) is 13.7 Å². The van der Waals surface area contributed by atoms with E-state index in [-0.39, 0.29) is 24.6 Å². The molecule has 0 fully saturated rings. The summed E-state index contributed by atoms with van der Waals surface area (Å²) >= 11 is 5.78. The van der Waals surface area contributed by atoms with Gasteiger partial charge in [0, 0.05) is 5.02 Å². The topological polar surface area (TPSA) is 35.5 Å². The van der Waals surface area contributed by atoms with Gasteiger partial charge < -0.3 is 9.47 Å². The Labute approximate surface area is 127 Å². The van der Waals surface area contributed by atoms with E-state index in [0.29, 0.717) is 10.8 Å². The van der Waals surface area contributed by atoms with E-state index < -0.39 is 5.82 Å². The highest BCUT2D eigenvalue weighted by molar-refractivity contribution is 6.30. The molecule has 0 N–H and O–H groups in total. The normalized spacial score (nSPS) is 10.4. The Hall–Kier alpha value is -1.91. The number of carbonyl (C=O) groups excluding carboxylic acids is 1. The fourth-order valence-corrected chi connectivity index (χ4v) is 1.94. The summed E-state index contributed by atoms with van der Waals surface area (Å²) in [5, 5.41) is 0.638. The van der Waals surface area contributed by atoms with Gasteiger partial charge in [0.2, 0.25) is 0 Å². The minimum absolute atomic E-state index is 0.150. The van der Waals surface area contributed by atoms with Crippen molar-refractivity contribution in [2.24, 2.45) is 0 Å². The average Bonchev–Trinajstić information content (AvgIpc) is 2.49. The highest BCUT2D eigenvalue weighted by Crippen LogP contribution is 2.20. The molecule has 0 amide bonds. The van der Waals surface area contributed by atoms with Crippen LogP contribution in [0.2, 0.25) is 5.02 Å². The van der Waals surface area contributed by atoms with Crippen LogP contribution in [0.25, 0.3) is 0 Å². The fraction of sp³-hybridized carbons (Fsp3) is 0.188. The van der Waals surface area contributed by atoms with Gasteiger partial charge >= 0.3 is 0 Å². The molecule has 0 aliphatic carbocycles. The number of methoxy groups -OCH3 is 1. The first-order valence-electron chi connectivity index (χ1n) is 6.29. The molecule has 0 unspecified atom stereocenters. The largest absolute Gasteiger partial charge is 0.496 e. The maximum Gasteiger partial charge on any atom is 0.192 e. The van der Waals surface area contributed by atoms with Crippen LogP contribution in [0.5, 0.6) is 5.75 Å². The van der Waals surface area contributed by atoms with Gasteiger partial charge in [-0.25, -0.2) is 4.39 Å². The van der Waals surface area contributed by atoms with E-state index in [1.807, 2.05) is 12.1 Å². The van der Waals surface area contributed by atoms with Crippen LogP contribution in [0.1, 0.15) is 15.9 Å². The third-order valence-corrected chi connectivity index (χ3v) is 3.13. The van der Waals surface area contributed by atoms with Crippen molar-refractivity contribution in [3.8, 4) is 5.75 Å². The third kappa shape index (κ3) is 4.28. The first-order valence-corrected chi connectivity index (χ1v) is 6.67. The second-order valence-electron chi connectivity index (χ2n) is 4.39. The van der Waals surface area contributed by atoms with Crippen LogP contribution in [0.15, 0.2) is 42.5 Å². The molecule has 0 aliphatic rings. The quantitative estimate of drug-likeness (QED) is 0.760. The number of rotatable bonds is 6. The second-order valence-corrected chi connectivity index (χ2v) is 4.82. The number of halogens is 2. The summed E-state index contributed by atoms with van der Waals surface area (Å²) in [5.41, 5.74) is 1.08. The molecule has 0 saturated heterocycles. The molecule has 0 aliphatic heterocycles. The van der Waals surface area contributed by atoms with E-state index in [9.17, 15) is 9.18 Å². The van der Waals surface area contributed by atoms with Gasteiger partial charge in [0.25, 0.3) is 0 Å². The van der Waals surface area contributed by atoms with Gasteiger partial charge in [-0.15, -0.1) is 0 Å². The minimum Gasteiger partial charge on any atom is -0.496 e. The van der Waals surface area contributed by atoms with Crippen LogP contribution in [0.3, 0.4) is 0 Å². The fourth-order valence-electron chi connectivity index (χ4n) is 1.82. The molecule has 0 atom stereocenters. The summed E-state index contributed by atoms with van der Waals surface area (Å²) in [6, 6.07) is 10.9. The maximum atomic E-state index is 13.2. The molecule has 21 heavy (non-hydrogen) atoms. The molecule has 2 aromatic rings. The minimum atomic E-state index is -0.489. The SMILES string of the molecule is COc1ccc(F)cc1C(=O)COCc1ccc(Cl)cc1. The van der Waals surface area contributed by atoms with Crippen molar-refractivity contribution >= 4 is 17.4 Å². The maximum absolute atomic E-state index is 13.2. The standard InChI is InChI=1S/C16H14ClFO3/c1-20-16-7-6-13(18)8-14(16)15(19)10-21-9-11-2-4-12(17)5-3-11/h2-8H,9-10H2,1H3. The summed E-state index contributed by atoms with van der Waals surface area (Å²) in [5.74, 6) is -0.492. The number of ketones is 1. The number of Topliss-reactive ketones (excluding diaryl/α,β-unsaturated/α-hetero) is 1. The Bertz CT molecular complexity index is 626. The monoisotopic (exact) mass is 308 g/mol. The molecule has 0 saturated carbocycles. The van der Waals surface area contributed by atoms with Crippen LogP contribution in [-0.2, 0) is 11.3 Å². The summed E-state index contributed by atoms with van der Waals surface area (Å²) in [7, 11) is 1.43. The number of hydrogen-bond donors (Lipinski definition) is 0. The van der Waals surface area contributed by atoms with Crippen LogP contribution in [0, 0.1) is 5.82 Å². The highest BCUT2D eigenvalue weighted by atomic mass is 35.5. The van der Waals surface area contributed by atoms with Gasteiger partial charge in [-0.1, -0.05) is 23.7 Å². The van der Waals surface area contributed by atoms with E-state index in [1.165, 1.54) is 19.2 Å². The predicted octanol–water partition coefficient (Wildman–Crippen LogP) is 3.89. The molecule has 0 aromatic heterocycles.